The van der Waals surface area contributed by atoms with E-state index < -0.39 is 0 Å². The molecule has 8 heteroatoms. The normalized spacial score (nSPS) is 20.0. The second-order valence-electron chi connectivity index (χ2n) is 5.97. The van der Waals surface area contributed by atoms with Gasteiger partial charge in [0.15, 0.2) is 5.65 Å². The molecular formula is C17H19N7O. The summed E-state index contributed by atoms with van der Waals surface area (Å²) in [6, 6.07) is 11.3. The van der Waals surface area contributed by atoms with Crippen molar-refractivity contribution in [1.29, 1.82) is 0 Å². The van der Waals surface area contributed by atoms with E-state index in [4.69, 9.17) is 0 Å². The molecule has 0 aromatic carbocycles. The smallest absolute Gasteiger partial charge is 0.238 e. The van der Waals surface area contributed by atoms with E-state index in [1.807, 2.05) is 47.0 Å². The lowest BCUT2D eigenvalue weighted by atomic mass is 10.1. The van der Waals surface area contributed by atoms with Crippen molar-refractivity contribution in [2.24, 2.45) is 0 Å². The quantitative estimate of drug-likeness (QED) is 0.623. The fraction of sp³-hybridized carbons (Fsp3) is 0.294. The molecule has 1 amide bonds. The Morgan fingerprint density at radius 3 is 3.00 bits per heavy atom. The zero-order chi connectivity index (χ0) is 17.1. The molecule has 128 valence electrons. The van der Waals surface area contributed by atoms with Gasteiger partial charge >= 0.3 is 0 Å². The van der Waals surface area contributed by atoms with E-state index in [1.165, 1.54) is 0 Å². The van der Waals surface area contributed by atoms with Gasteiger partial charge in [-0.2, -0.15) is 0 Å². The number of fused-ring (bicyclic) bond motifs is 1. The fourth-order valence-corrected chi connectivity index (χ4v) is 2.99. The number of amides is 1. The Balaban J connectivity index is 1.30. The van der Waals surface area contributed by atoms with Gasteiger partial charge in [0.05, 0.1) is 11.7 Å². The van der Waals surface area contributed by atoms with Gasteiger partial charge in [-0.1, -0.05) is 12.1 Å². The Kier molecular flexibility index (Phi) is 4.36. The van der Waals surface area contributed by atoms with E-state index in [2.05, 4.69) is 31.3 Å². The van der Waals surface area contributed by atoms with Crippen LogP contribution in [-0.2, 0) is 11.2 Å². The third-order valence-corrected chi connectivity index (χ3v) is 4.30. The summed E-state index contributed by atoms with van der Waals surface area (Å²) in [6.45, 7) is 0.515. The van der Waals surface area contributed by atoms with Crippen LogP contribution in [0.15, 0.2) is 48.8 Å². The second kappa shape index (κ2) is 6.96. The highest BCUT2D eigenvalue weighted by atomic mass is 16.2. The van der Waals surface area contributed by atoms with E-state index in [9.17, 15) is 4.79 Å². The highest BCUT2D eigenvalue weighted by Crippen LogP contribution is 2.19. The lowest BCUT2D eigenvalue weighted by Gasteiger charge is -2.10. The second-order valence-corrected chi connectivity index (χ2v) is 5.97. The number of nitrogens with zero attached hydrogens (tertiary/aromatic N) is 4. The number of rotatable bonds is 5. The van der Waals surface area contributed by atoms with Gasteiger partial charge in [-0.05, 0) is 30.7 Å². The Bertz CT molecular complexity index is 864. The first-order valence-electron chi connectivity index (χ1n) is 8.29. The van der Waals surface area contributed by atoms with E-state index in [0.717, 1.165) is 17.2 Å². The lowest BCUT2D eigenvalue weighted by Crippen LogP contribution is -2.43. The standard InChI is InChI=1S/C17H19N7O/c25-17(14-11-13(20-21-14)12-5-1-3-8-18-12)19-9-7-16-23-22-15-6-2-4-10-24(15)16/h1-6,8,10,13-14,20-21H,7,9,11H2,(H,19,25). The van der Waals surface area contributed by atoms with E-state index >= 15 is 0 Å². The third-order valence-electron chi connectivity index (χ3n) is 4.30. The van der Waals surface area contributed by atoms with Crippen LogP contribution in [0.5, 0.6) is 0 Å². The Morgan fingerprint density at radius 2 is 2.12 bits per heavy atom. The van der Waals surface area contributed by atoms with Crippen molar-refractivity contribution in [3.05, 3.63) is 60.3 Å². The molecule has 1 fully saturated rings. The summed E-state index contributed by atoms with van der Waals surface area (Å²) in [4.78, 5) is 16.7. The van der Waals surface area contributed by atoms with Crippen LogP contribution in [0.4, 0.5) is 0 Å². The largest absolute Gasteiger partial charge is 0.354 e. The summed E-state index contributed by atoms with van der Waals surface area (Å²) in [5.41, 5.74) is 7.92. The van der Waals surface area contributed by atoms with E-state index in [0.29, 0.717) is 19.4 Å². The summed E-state index contributed by atoms with van der Waals surface area (Å²) in [5, 5.41) is 11.2. The van der Waals surface area contributed by atoms with Gasteiger partial charge in [-0.3, -0.25) is 14.2 Å². The van der Waals surface area contributed by atoms with Crippen molar-refractivity contribution in [3.63, 3.8) is 0 Å². The van der Waals surface area contributed by atoms with Crippen LogP contribution >= 0.6 is 0 Å². The number of hydrazine groups is 1. The molecular weight excluding hydrogens is 318 g/mol. The third kappa shape index (κ3) is 3.35. The molecule has 2 atom stereocenters. The van der Waals surface area contributed by atoms with Crippen LogP contribution in [0.2, 0.25) is 0 Å². The van der Waals surface area contributed by atoms with Crippen molar-refractivity contribution in [2.75, 3.05) is 6.54 Å². The van der Waals surface area contributed by atoms with E-state index in [-0.39, 0.29) is 18.0 Å². The van der Waals surface area contributed by atoms with Gasteiger partial charge in [0.1, 0.15) is 11.9 Å². The molecule has 1 saturated heterocycles. The molecule has 4 heterocycles. The van der Waals surface area contributed by atoms with Gasteiger partial charge in [0.25, 0.3) is 0 Å². The van der Waals surface area contributed by atoms with Gasteiger partial charge in [0, 0.05) is 25.4 Å². The SMILES string of the molecule is O=C(NCCc1nnc2ccccn12)C1CC(c2ccccn2)NN1. The van der Waals surface area contributed by atoms with Crippen molar-refractivity contribution in [2.45, 2.75) is 24.9 Å². The predicted octanol–water partition coefficient (Wildman–Crippen LogP) is 0.391. The topological polar surface area (TPSA) is 96.2 Å². The van der Waals surface area contributed by atoms with Crippen LogP contribution in [0, 0.1) is 0 Å². The number of hydrogen-bond acceptors (Lipinski definition) is 6. The maximum atomic E-state index is 12.3. The Morgan fingerprint density at radius 1 is 1.20 bits per heavy atom. The highest BCUT2D eigenvalue weighted by molar-refractivity contribution is 5.82. The molecule has 3 N–H and O–H groups in total. The molecule has 0 spiro atoms. The summed E-state index contributed by atoms with van der Waals surface area (Å²) < 4.78 is 1.93. The fourth-order valence-electron chi connectivity index (χ4n) is 2.99. The maximum Gasteiger partial charge on any atom is 0.238 e. The molecule has 25 heavy (non-hydrogen) atoms. The first-order chi connectivity index (χ1) is 12.3. The average molecular weight is 337 g/mol. The number of nitrogens with one attached hydrogen (secondary N) is 3. The number of carbonyl (C=O) groups excluding carboxylic acids is 1. The van der Waals surface area contributed by atoms with Crippen molar-refractivity contribution >= 4 is 11.6 Å². The molecule has 1 aliphatic heterocycles. The van der Waals surface area contributed by atoms with Crippen LogP contribution < -0.4 is 16.2 Å². The van der Waals surface area contributed by atoms with Gasteiger partial charge in [0.2, 0.25) is 5.91 Å². The van der Waals surface area contributed by atoms with Crippen molar-refractivity contribution < 1.29 is 4.79 Å². The minimum Gasteiger partial charge on any atom is -0.354 e. The molecule has 0 bridgehead atoms. The minimum atomic E-state index is -0.276. The van der Waals surface area contributed by atoms with Crippen LogP contribution in [0.1, 0.15) is 24.0 Å². The Hall–Kier alpha value is -2.84. The minimum absolute atomic E-state index is 0.0280. The monoisotopic (exact) mass is 337 g/mol. The number of pyridine rings is 2. The molecule has 0 radical (unpaired) electrons. The summed E-state index contributed by atoms with van der Waals surface area (Å²) in [6.07, 6.45) is 4.97. The molecule has 4 rings (SSSR count). The summed E-state index contributed by atoms with van der Waals surface area (Å²) >= 11 is 0. The lowest BCUT2D eigenvalue weighted by molar-refractivity contribution is -0.122. The van der Waals surface area contributed by atoms with Crippen LogP contribution in [0.25, 0.3) is 5.65 Å². The van der Waals surface area contributed by atoms with Gasteiger partial charge in [-0.25, -0.2) is 10.9 Å². The summed E-state index contributed by atoms with van der Waals surface area (Å²) in [5.74, 6) is 0.805. The molecule has 2 unspecified atom stereocenters. The number of hydrogen-bond donors (Lipinski definition) is 3. The molecule has 1 aliphatic rings. The van der Waals surface area contributed by atoms with E-state index in [1.54, 1.807) is 6.20 Å². The number of aromatic nitrogens is 4. The van der Waals surface area contributed by atoms with Crippen molar-refractivity contribution in [1.82, 2.24) is 35.8 Å². The first-order valence-corrected chi connectivity index (χ1v) is 8.29. The Labute approximate surface area is 144 Å². The number of carbonyl (C=O) groups is 1. The first kappa shape index (κ1) is 15.7. The van der Waals surface area contributed by atoms with Crippen LogP contribution in [-0.4, -0.2) is 38.1 Å². The van der Waals surface area contributed by atoms with Gasteiger partial charge < -0.3 is 5.32 Å². The average Bonchev–Trinajstić information content (AvgIpc) is 3.30. The zero-order valence-electron chi connectivity index (χ0n) is 13.6. The van der Waals surface area contributed by atoms with Crippen LogP contribution in [0.3, 0.4) is 0 Å². The molecule has 0 aliphatic carbocycles. The molecule has 3 aromatic heterocycles. The molecule has 0 saturated carbocycles. The molecule has 8 nitrogen and oxygen atoms in total. The highest BCUT2D eigenvalue weighted by Gasteiger charge is 2.30. The van der Waals surface area contributed by atoms with Crippen molar-refractivity contribution in [3.8, 4) is 0 Å². The molecule has 3 aromatic rings. The zero-order valence-corrected chi connectivity index (χ0v) is 13.6. The maximum absolute atomic E-state index is 12.3. The summed E-state index contributed by atoms with van der Waals surface area (Å²) in [7, 11) is 0. The van der Waals surface area contributed by atoms with Gasteiger partial charge in [-0.15, -0.1) is 10.2 Å². The predicted molar refractivity (Wildman–Crippen MR) is 91.4 cm³/mol.